The van der Waals surface area contributed by atoms with E-state index in [0.29, 0.717) is 0 Å². The average Bonchev–Trinajstić information content (AvgIpc) is 0. The first-order valence-corrected chi connectivity index (χ1v) is 0. The van der Waals surface area contributed by atoms with Gasteiger partial charge in [0.25, 0.3) is 0 Å². The Morgan fingerprint density at radius 2 is 0.429 bits per heavy atom. The lowest BCUT2D eigenvalue weighted by Crippen LogP contribution is 0.419. The molecule has 0 aromatic heterocycles. The second-order valence-electron chi connectivity index (χ2n) is 0. The van der Waals surface area contributed by atoms with Gasteiger partial charge in [0.2, 0.25) is 0 Å². The molecule has 0 amide bonds. The van der Waals surface area contributed by atoms with Gasteiger partial charge >= 0.3 is 0 Å². The number of rotatable bonds is 0. The highest BCUT2D eigenvalue weighted by atomic mass is 35.5. The molecule has 0 N–H and O–H groups in total. The second kappa shape index (κ2) is 2090. The normalized spacial score (nSPS) is 0. The molecule has 0 nitrogen and oxygen atoms in total. The topological polar surface area (TPSA) is 0 Å². The van der Waals surface area contributed by atoms with Crippen LogP contribution in [0, 0.1) is 0 Å². The Balaban J connectivity index is 0. The van der Waals surface area contributed by atoms with Crippen LogP contribution in [0.2, 0.25) is 0 Å². The van der Waals surface area contributed by atoms with E-state index in [-0.39, 0.29) is 49.4 Å². The van der Waals surface area contributed by atoms with Crippen molar-refractivity contribution in [2.24, 2.45) is 0 Å². The summed E-state index contributed by atoms with van der Waals surface area (Å²) in [5.74, 6) is 0. The first-order chi connectivity index (χ1) is 0. The summed E-state index contributed by atoms with van der Waals surface area (Å²) in [6.07, 6.45) is 0. The van der Waals surface area contributed by atoms with E-state index < -0.39 is 0 Å². The highest BCUT2D eigenvalue weighted by molar-refractivity contribution is 7.59. The Kier molecular flexibility index (Phi) is 1030000. The molecule has 0 rings (SSSR count). The zero-order valence-electron chi connectivity index (χ0n) is 2.95. The second-order valence-corrected chi connectivity index (χ2v) is 0. The Bertz CT molecular complexity index is 8.04. The van der Waals surface area contributed by atoms with Crippen molar-refractivity contribution in [2.45, 2.75) is 0 Å². The Labute approximate surface area is 50.4 Å². The predicted molar refractivity (Wildman–Crippen MR) is 30.1 cm³/mol. The maximum absolute atomic E-state index is 0. The van der Waals surface area contributed by atoms with Gasteiger partial charge in [-0.05, 0) is 0 Å². The van der Waals surface area contributed by atoms with E-state index in [2.05, 4.69) is 0 Å². The lowest BCUT2D eigenvalue weighted by atomic mass is 19.0. The molecular formula is H8ClF5S. The molecule has 0 radical (unpaired) electrons. The predicted octanol–water partition coefficient (Wildman–Crippen LogP) is 1.30. The van der Waals surface area contributed by atoms with Crippen LogP contribution in [0.1, 0.15) is 0 Å². The summed E-state index contributed by atoms with van der Waals surface area (Å²) in [5, 5.41) is 0. The summed E-state index contributed by atoms with van der Waals surface area (Å²) in [6.45, 7) is 0. The third-order valence-corrected chi connectivity index (χ3v) is 0. The van der Waals surface area contributed by atoms with Gasteiger partial charge in [0.05, 0.1) is 0 Å². The van der Waals surface area contributed by atoms with E-state index in [1.807, 2.05) is 0 Å². The lowest BCUT2D eigenvalue weighted by molar-refractivity contribution is 1.11. The minimum atomic E-state index is 0. The average molecular weight is 171 g/mol. The van der Waals surface area contributed by atoms with E-state index in [9.17, 15) is 0 Å². The Hall–Kier alpha value is 0.290. The molecule has 0 atom stereocenters. The van der Waals surface area contributed by atoms with Crippen LogP contribution in [-0.2, 0) is 0 Å². The van der Waals surface area contributed by atoms with Crippen molar-refractivity contribution in [3.8, 4) is 0 Å². The number of hydrogen-bond donors (Lipinski definition) is 0. The van der Waals surface area contributed by atoms with Gasteiger partial charge in [-0.1, -0.05) is 0 Å². The summed E-state index contributed by atoms with van der Waals surface area (Å²) in [7, 11) is 0. The highest BCUT2D eigenvalue weighted by Crippen LogP contribution is 0.690. The quantitative estimate of drug-likeness (QED) is 0.481. The van der Waals surface area contributed by atoms with Crippen molar-refractivity contribution in [3.63, 3.8) is 0 Å². The molecule has 56 valence electrons. The zero-order chi connectivity index (χ0) is 0. The number of hydrogen-bond acceptors (Lipinski definition) is 0. The molecule has 0 aliphatic rings. The Morgan fingerprint density at radius 3 is 0.429 bits per heavy atom. The Morgan fingerprint density at radius 1 is 0.429 bits per heavy atom. The minimum absolute atomic E-state index is 0. The molecule has 0 unspecified atom stereocenters. The van der Waals surface area contributed by atoms with Crippen LogP contribution in [0.15, 0.2) is 0 Å². The molecule has 7 heteroatoms. The van der Waals surface area contributed by atoms with Crippen molar-refractivity contribution in [3.05, 3.63) is 0 Å². The smallest absolute Gasteiger partial charge is 0.147 e. The highest BCUT2D eigenvalue weighted by Gasteiger charge is -0.147. The summed E-state index contributed by atoms with van der Waals surface area (Å²) in [6, 6.07) is 0. The van der Waals surface area contributed by atoms with Gasteiger partial charge in [-0.2, -0.15) is 13.5 Å². The molecule has 0 spiro atoms. The van der Waals surface area contributed by atoms with Crippen LogP contribution in [0.3, 0.4) is 0 Å². The van der Waals surface area contributed by atoms with Gasteiger partial charge in [-0.15, -0.1) is 12.4 Å². The molecule has 0 saturated carbocycles. The maximum Gasteiger partial charge on any atom is -0.147 e. The van der Waals surface area contributed by atoms with Crippen LogP contribution in [0.5, 0.6) is 0 Å². The minimum Gasteiger partial charge on any atom is -0.269 e. The van der Waals surface area contributed by atoms with Crippen LogP contribution in [0.25, 0.3) is 0 Å². The molecule has 0 aromatic rings. The third-order valence-electron chi connectivity index (χ3n) is 0. The molecule has 0 saturated heterocycles. The van der Waals surface area contributed by atoms with E-state index >= 15 is 0 Å². The third kappa shape index (κ3) is 1380. The fraction of sp³-hybridized carbons (Fsp3) is 0. The molecule has 0 aromatic carbocycles. The molecule has 7 heavy (non-hydrogen) atoms. The molecule has 0 aliphatic carbocycles. The number of halogens is 6. The van der Waals surface area contributed by atoms with Gasteiger partial charge < -0.3 is 0 Å². The standard InChI is InChI=1S/ClH.5FH.H2S/h6*1H;1H2. The molecule has 0 heterocycles. The molecule has 0 fully saturated rings. The summed E-state index contributed by atoms with van der Waals surface area (Å²) in [4.78, 5) is 0. The van der Waals surface area contributed by atoms with E-state index in [1.54, 1.807) is 0 Å². The fourth-order valence-corrected chi connectivity index (χ4v) is 0. The van der Waals surface area contributed by atoms with Crippen LogP contribution in [0.4, 0.5) is 23.5 Å². The van der Waals surface area contributed by atoms with Crippen molar-refractivity contribution >= 4 is 25.9 Å². The summed E-state index contributed by atoms with van der Waals surface area (Å²) < 4.78 is 0. The van der Waals surface area contributed by atoms with Crippen LogP contribution >= 0.6 is 25.9 Å². The first-order valence-electron chi connectivity index (χ1n) is 0. The summed E-state index contributed by atoms with van der Waals surface area (Å²) in [5.41, 5.74) is 0. The van der Waals surface area contributed by atoms with Gasteiger partial charge in [-0.3, -0.25) is 23.5 Å². The van der Waals surface area contributed by atoms with Gasteiger partial charge in [0.15, 0.2) is 0 Å². The SMILES string of the molecule is Cl.F.F.F.F.F.S. The molecule has 0 bridgehead atoms. The fourth-order valence-electron chi connectivity index (χ4n) is 0. The van der Waals surface area contributed by atoms with E-state index in [4.69, 9.17) is 0 Å². The summed E-state index contributed by atoms with van der Waals surface area (Å²) >= 11 is 0. The van der Waals surface area contributed by atoms with Crippen LogP contribution < -0.4 is 0 Å². The first kappa shape index (κ1) is 3430. The largest absolute Gasteiger partial charge is 0.269 e. The lowest BCUT2D eigenvalue weighted by Gasteiger charge is -0.270. The van der Waals surface area contributed by atoms with Gasteiger partial charge in [-0.25, -0.2) is 0 Å². The van der Waals surface area contributed by atoms with Gasteiger partial charge in [0.1, 0.15) is 0 Å². The molecule has 0 aliphatic heterocycles. The van der Waals surface area contributed by atoms with Crippen molar-refractivity contribution < 1.29 is 23.5 Å². The zero-order valence-corrected chi connectivity index (χ0v) is 4.77. The van der Waals surface area contributed by atoms with E-state index in [0.717, 1.165) is 0 Å². The maximum atomic E-state index is 0. The monoisotopic (exact) mass is 170 g/mol. The van der Waals surface area contributed by atoms with E-state index in [1.165, 1.54) is 0 Å². The van der Waals surface area contributed by atoms with Crippen molar-refractivity contribution in [1.82, 2.24) is 0 Å². The van der Waals surface area contributed by atoms with Crippen molar-refractivity contribution in [2.75, 3.05) is 0 Å². The molecular weight excluding hydrogens is 163 g/mol. The van der Waals surface area contributed by atoms with Crippen molar-refractivity contribution in [1.29, 1.82) is 0 Å². The van der Waals surface area contributed by atoms with Crippen LogP contribution in [-0.4, -0.2) is 0 Å². The van der Waals surface area contributed by atoms with Gasteiger partial charge in [0, 0.05) is 0 Å².